The van der Waals surface area contributed by atoms with E-state index in [0.717, 1.165) is 12.0 Å². The molecule has 0 radical (unpaired) electrons. The Morgan fingerprint density at radius 3 is 3.00 bits per heavy atom. The van der Waals surface area contributed by atoms with E-state index in [1.807, 2.05) is 25.2 Å². The number of furan rings is 1. The Labute approximate surface area is 83.9 Å². The smallest absolute Gasteiger partial charge is 0.134 e. The standard InChI is InChI=1S/C12H15NO/c1-9(13-2)8-10-4-3-5-12-11(10)6-7-14-12/h3-7,9,13H,8H2,1-2H3/t9-/m0/s1. The summed E-state index contributed by atoms with van der Waals surface area (Å²) < 4.78 is 5.35. The molecule has 74 valence electrons. The minimum atomic E-state index is 0.496. The summed E-state index contributed by atoms with van der Waals surface area (Å²) in [5, 5.41) is 4.47. The lowest BCUT2D eigenvalue weighted by atomic mass is 10.0. The molecule has 0 spiro atoms. The molecule has 2 heteroatoms. The molecule has 0 unspecified atom stereocenters. The van der Waals surface area contributed by atoms with Crippen molar-refractivity contribution >= 4 is 11.0 Å². The number of rotatable bonds is 3. The second kappa shape index (κ2) is 3.84. The molecule has 14 heavy (non-hydrogen) atoms. The fourth-order valence-corrected chi connectivity index (χ4v) is 1.67. The Kier molecular flexibility index (Phi) is 2.55. The summed E-state index contributed by atoms with van der Waals surface area (Å²) in [5.41, 5.74) is 2.32. The van der Waals surface area contributed by atoms with Gasteiger partial charge in [-0.05, 0) is 38.1 Å². The van der Waals surface area contributed by atoms with Crippen molar-refractivity contribution in [2.24, 2.45) is 0 Å². The third-order valence-electron chi connectivity index (χ3n) is 2.61. The van der Waals surface area contributed by atoms with Crippen LogP contribution in [0.3, 0.4) is 0 Å². The second-order valence-electron chi connectivity index (χ2n) is 3.64. The third-order valence-corrected chi connectivity index (χ3v) is 2.61. The van der Waals surface area contributed by atoms with Crippen molar-refractivity contribution < 1.29 is 4.42 Å². The van der Waals surface area contributed by atoms with Crippen molar-refractivity contribution in [2.75, 3.05) is 7.05 Å². The van der Waals surface area contributed by atoms with Gasteiger partial charge in [0.05, 0.1) is 6.26 Å². The van der Waals surface area contributed by atoms with Gasteiger partial charge in [-0.2, -0.15) is 0 Å². The second-order valence-corrected chi connectivity index (χ2v) is 3.64. The van der Waals surface area contributed by atoms with Gasteiger partial charge in [-0.15, -0.1) is 0 Å². The first-order valence-corrected chi connectivity index (χ1v) is 4.93. The first kappa shape index (κ1) is 9.28. The number of fused-ring (bicyclic) bond motifs is 1. The predicted molar refractivity (Wildman–Crippen MR) is 58.4 cm³/mol. The molecule has 2 aromatic rings. The van der Waals surface area contributed by atoms with Crippen LogP contribution in [0.2, 0.25) is 0 Å². The molecule has 0 saturated heterocycles. The number of hydrogen-bond acceptors (Lipinski definition) is 2. The average Bonchev–Trinajstić information content (AvgIpc) is 2.66. The predicted octanol–water partition coefficient (Wildman–Crippen LogP) is 2.58. The third kappa shape index (κ3) is 1.66. The molecule has 0 aliphatic rings. The van der Waals surface area contributed by atoms with Gasteiger partial charge in [0.2, 0.25) is 0 Å². The van der Waals surface area contributed by atoms with E-state index in [9.17, 15) is 0 Å². The summed E-state index contributed by atoms with van der Waals surface area (Å²) in [6.45, 7) is 2.18. The summed E-state index contributed by atoms with van der Waals surface area (Å²) in [4.78, 5) is 0. The fourth-order valence-electron chi connectivity index (χ4n) is 1.67. The van der Waals surface area contributed by atoms with Crippen molar-refractivity contribution in [3.63, 3.8) is 0 Å². The molecule has 1 aromatic carbocycles. The van der Waals surface area contributed by atoms with Gasteiger partial charge in [0.25, 0.3) is 0 Å². The summed E-state index contributed by atoms with van der Waals surface area (Å²) in [7, 11) is 1.99. The molecule has 2 nitrogen and oxygen atoms in total. The number of nitrogens with one attached hydrogen (secondary N) is 1. The minimum absolute atomic E-state index is 0.496. The van der Waals surface area contributed by atoms with Crippen molar-refractivity contribution in [1.29, 1.82) is 0 Å². The normalized spacial score (nSPS) is 13.3. The van der Waals surface area contributed by atoms with Crippen LogP contribution < -0.4 is 5.32 Å². The molecular formula is C12H15NO. The zero-order chi connectivity index (χ0) is 9.97. The van der Waals surface area contributed by atoms with E-state index in [4.69, 9.17) is 4.42 Å². The number of benzene rings is 1. The van der Waals surface area contributed by atoms with E-state index >= 15 is 0 Å². The van der Waals surface area contributed by atoms with Crippen molar-refractivity contribution in [3.8, 4) is 0 Å². The van der Waals surface area contributed by atoms with E-state index < -0.39 is 0 Å². The summed E-state index contributed by atoms with van der Waals surface area (Å²) in [6, 6.07) is 8.74. The van der Waals surface area contributed by atoms with Crippen LogP contribution in [0.5, 0.6) is 0 Å². The Hall–Kier alpha value is -1.28. The Balaban J connectivity index is 2.36. The highest BCUT2D eigenvalue weighted by Crippen LogP contribution is 2.20. The fraction of sp³-hybridized carbons (Fsp3) is 0.333. The highest BCUT2D eigenvalue weighted by atomic mass is 16.3. The number of likely N-dealkylation sites (N-methyl/N-ethyl adjacent to an activating group) is 1. The quantitative estimate of drug-likeness (QED) is 0.802. The molecule has 1 N–H and O–H groups in total. The molecule has 0 aliphatic heterocycles. The van der Waals surface area contributed by atoms with Crippen LogP contribution >= 0.6 is 0 Å². The molecule has 1 atom stereocenters. The van der Waals surface area contributed by atoms with Crippen LogP contribution in [0.15, 0.2) is 34.9 Å². The van der Waals surface area contributed by atoms with Crippen molar-refractivity contribution in [2.45, 2.75) is 19.4 Å². The zero-order valence-electron chi connectivity index (χ0n) is 8.58. The van der Waals surface area contributed by atoms with Crippen LogP contribution in [0.1, 0.15) is 12.5 Å². The summed E-state index contributed by atoms with van der Waals surface area (Å²) in [6.07, 6.45) is 2.78. The first-order valence-electron chi connectivity index (χ1n) is 4.93. The van der Waals surface area contributed by atoms with E-state index in [1.165, 1.54) is 10.9 Å². The molecule has 0 aliphatic carbocycles. The monoisotopic (exact) mass is 189 g/mol. The molecule has 0 amide bonds. The lowest BCUT2D eigenvalue weighted by Crippen LogP contribution is -2.23. The van der Waals surface area contributed by atoms with E-state index in [0.29, 0.717) is 6.04 Å². The Bertz CT molecular complexity index is 419. The summed E-state index contributed by atoms with van der Waals surface area (Å²) in [5.74, 6) is 0. The van der Waals surface area contributed by atoms with Gasteiger partial charge in [0.1, 0.15) is 5.58 Å². The SMILES string of the molecule is CN[C@@H](C)Cc1cccc2occc12. The maximum Gasteiger partial charge on any atom is 0.134 e. The topological polar surface area (TPSA) is 25.2 Å². The molecule has 1 aromatic heterocycles. The lowest BCUT2D eigenvalue weighted by molar-refractivity contribution is 0.607. The highest BCUT2D eigenvalue weighted by Gasteiger charge is 2.05. The van der Waals surface area contributed by atoms with E-state index in [2.05, 4.69) is 18.3 Å². The lowest BCUT2D eigenvalue weighted by Gasteiger charge is -2.10. The highest BCUT2D eigenvalue weighted by molar-refractivity contribution is 5.80. The minimum Gasteiger partial charge on any atom is -0.464 e. The van der Waals surface area contributed by atoms with E-state index in [-0.39, 0.29) is 0 Å². The molecule has 0 bridgehead atoms. The van der Waals surface area contributed by atoms with Crippen LogP contribution in [0.25, 0.3) is 11.0 Å². The van der Waals surface area contributed by atoms with Crippen molar-refractivity contribution in [3.05, 3.63) is 36.1 Å². The maximum absolute atomic E-state index is 5.35. The maximum atomic E-state index is 5.35. The van der Waals surface area contributed by atoms with Gasteiger partial charge >= 0.3 is 0 Å². The van der Waals surface area contributed by atoms with Crippen molar-refractivity contribution in [1.82, 2.24) is 5.32 Å². The van der Waals surface area contributed by atoms with Gasteiger partial charge in [-0.3, -0.25) is 0 Å². The molecule has 0 fully saturated rings. The van der Waals surface area contributed by atoms with Crippen LogP contribution in [-0.4, -0.2) is 13.1 Å². The molecule has 2 rings (SSSR count). The van der Waals surface area contributed by atoms with Crippen LogP contribution in [0.4, 0.5) is 0 Å². The van der Waals surface area contributed by atoms with Gasteiger partial charge in [0.15, 0.2) is 0 Å². The van der Waals surface area contributed by atoms with Gasteiger partial charge in [-0.25, -0.2) is 0 Å². The van der Waals surface area contributed by atoms with Crippen LogP contribution in [-0.2, 0) is 6.42 Å². The average molecular weight is 189 g/mol. The van der Waals surface area contributed by atoms with E-state index in [1.54, 1.807) is 6.26 Å². The van der Waals surface area contributed by atoms with Crippen LogP contribution in [0, 0.1) is 0 Å². The molecular weight excluding hydrogens is 174 g/mol. The summed E-state index contributed by atoms with van der Waals surface area (Å²) >= 11 is 0. The largest absolute Gasteiger partial charge is 0.464 e. The van der Waals surface area contributed by atoms with Gasteiger partial charge in [0, 0.05) is 11.4 Å². The van der Waals surface area contributed by atoms with Gasteiger partial charge in [-0.1, -0.05) is 12.1 Å². The first-order chi connectivity index (χ1) is 6.81. The number of hydrogen-bond donors (Lipinski definition) is 1. The van der Waals surface area contributed by atoms with Gasteiger partial charge < -0.3 is 9.73 Å². The molecule has 1 heterocycles. The Morgan fingerprint density at radius 1 is 1.36 bits per heavy atom. The Morgan fingerprint density at radius 2 is 2.21 bits per heavy atom. The molecule has 0 saturated carbocycles. The zero-order valence-corrected chi connectivity index (χ0v) is 8.58.